The van der Waals surface area contributed by atoms with E-state index in [9.17, 15) is 4.79 Å². The van der Waals surface area contributed by atoms with Crippen LogP contribution in [0.1, 0.15) is 15.9 Å². The fraction of sp³-hybridized carbons (Fsp3) is 0.167. The summed E-state index contributed by atoms with van der Waals surface area (Å²) in [6.45, 7) is 1.98. The highest BCUT2D eigenvalue weighted by Crippen LogP contribution is 2.39. The van der Waals surface area contributed by atoms with Crippen LogP contribution in [0.4, 0.5) is 5.69 Å². The Morgan fingerprint density at radius 1 is 0.935 bits per heavy atom. The van der Waals surface area contributed by atoms with E-state index < -0.39 is 0 Å². The number of hydrogen-bond acceptors (Lipinski definition) is 6. The largest absolute Gasteiger partial charge is 0.493 e. The molecule has 4 aromatic rings. The van der Waals surface area contributed by atoms with Crippen LogP contribution in [-0.4, -0.2) is 32.2 Å². The second-order valence-corrected chi connectivity index (χ2v) is 7.86. The first-order chi connectivity index (χ1) is 15.0. The number of rotatable bonds is 6. The number of amides is 1. The number of hydrogen-bond donors (Lipinski definition) is 1. The molecule has 3 aromatic carbocycles. The number of thiazole rings is 1. The van der Waals surface area contributed by atoms with E-state index in [2.05, 4.69) is 11.4 Å². The molecule has 0 saturated heterocycles. The molecule has 4 rings (SSSR count). The summed E-state index contributed by atoms with van der Waals surface area (Å²) in [6.07, 6.45) is 0. The van der Waals surface area contributed by atoms with Gasteiger partial charge in [0.25, 0.3) is 5.91 Å². The van der Waals surface area contributed by atoms with E-state index in [0.29, 0.717) is 22.8 Å². The Morgan fingerprint density at radius 3 is 2.29 bits per heavy atom. The second kappa shape index (κ2) is 8.65. The highest BCUT2D eigenvalue weighted by molar-refractivity contribution is 7.21. The molecule has 6 nitrogen and oxygen atoms in total. The molecule has 0 aliphatic heterocycles. The Labute approximate surface area is 184 Å². The molecule has 0 radical (unpaired) electrons. The third-order valence-corrected chi connectivity index (χ3v) is 6.10. The van der Waals surface area contributed by atoms with Gasteiger partial charge in [-0.2, -0.15) is 0 Å². The van der Waals surface area contributed by atoms with Gasteiger partial charge in [0.05, 0.1) is 31.5 Å². The predicted octanol–water partition coefficient (Wildman–Crippen LogP) is 5.55. The van der Waals surface area contributed by atoms with E-state index in [-0.39, 0.29) is 5.91 Å². The van der Waals surface area contributed by atoms with E-state index in [4.69, 9.17) is 19.2 Å². The van der Waals surface area contributed by atoms with Crippen molar-refractivity contribution < 1.29 is 19.0 Å². The first kappa shape index (κ1) is 20.7. The molecule has 158 valence electrons. The number of nitrogens with one attached hydrogen (secondary N) is 1. The molecular formula is C24H22N2O4S. The van der Waals surface area contributed by atoms with E-state index in [0.717, 1.165) is 32.0 Å². The monoisotopic (exact) mass is 434 g/mol. The summed E-state index contributed by atoms with van der Waals surface area (Å²) in [6, 6.07) is 17.1. The van der Waals surface area contributed by atoms with Crippen LogP contribution in [0, 0.1) is 6.92 Å². The van der Waals surface area contributed by atoms with Gasteiger partial charge >= 0.3 is 0 Å². The summed E-state index contributed by atoms with van der Waals surface area (Å²) < 4.78 is 17.2. The van der Waals surface area contributed by atoms with Gasteiger partial charge in [-0.3, -0.25) is 4.79 Å². The number of nitrogens with zero attached hydrogens (tertiary/aromatic N) is 1. The van der Waals surface area contributed by atoms with Gasteiger partial charge in [0.1, 0.15) is 5.01 Å². The molecular weight excluding hydrogens is 412 g/mol. The average molecular weight is 435 g/mol. The van der Waals surface area contributed by atoms with Gasteiger partial charge in [0.2, 0.25) is 5.75 Å². The first-order valence-electron chi connectivity index (χ1n) is 9.62. The lowest BCUT2D eigenvalue weighted by atomic mass is 10.1. The molecule has 1 heterocycles. The number of benzene rings is 3. The van der Waals surface area contributed by atoms with Crippen molar-refractivity contribution in [2.45, 2.75) is 6.92 Å². The fourth-order valence-corrected chi connectivity index (χ4v) is 4.45. The number of anilines is 1. The molecule has 0 aliphatic carbocycles. The van der Waals surface area contributed by atoms with Crippen LogP contribution in [-0.2, 0) is 0 Å². The van der Waals surface area contributed by atoms with Crippen molar-refractivity contribution in [1.29, 1.82) is 0 Å². The van der Waals surface area contributed by atoms with Crippen LogP contribution < -0.4 is 19.5 Å². The van der Waals surface area contributed by atoms with Crippen molar-refractivity contribution in [3.63, 3.8) is 0 Å². The maximum Gasteiger partial charge on any atom is 0.255 e. The second-order valence-electron chi connectivity index (χ2n) is 6.83. The molecule has 1 N–H and O–H groups in total. The van der Waals surface area contributed by atoms with Crippen molar-refractivity contribution in [1.82, 2.24) is 4.98 Å². The Kier molecular flexibility index (Phi) is 5.77. The Morgan fingerprint density at radius 2 is 1.65 bits per heavy atom. The highest BCUT2D eigenvalue weighted by atomic mass is 32.1. The van der Waals surface area contributed by atoms with E-state index in [1.807, 2.05) is 43.3 Å². The van der Waals surface area contributed by atoms with Crippen molar-refractivity contribution in [2.75, 3.05) is 26.6 Å². The quantitative estimate of drug-likeness (QED) is 0.431. The van der Waals surface area contributed by atoms with Gasteiger partial charge in [-0.25, -0.2) is 4.98 Å². The molecule has 0 atom stereocenters. The molecule has 0 aliphatic rings. The number of fused-ring (bicyclic) bond motifs is 1. The lowest BCUT2D eigenvalue weighted by Crippen LogP contribution is -2.13. The predicted molar refractivity (Wildman–Crippen MR) is 124 cm³/mol. The van der Waals surface area contributed by atoms with Crippen LogP contribution in [0.25, 0.3) is 20.8 Å². The summed E-state index contributed by atoms with van der Waals surface area (Å²) >= 11 is 1.63. The van der Waals surface area contributed by atoms with Crippen LogP contribution in [0.3, 0.4) is 0 Å². The minimum Gasteiger partial charge on any atom is -0.493 e. The Hall–Kier alpha value is -3.58. The summed E-state index contributed by atoms with van der Waals surface area (Å²) in [7, 11) is 4.56. The first-order valence-corrected chi connectivity index (χ1v) is 10.4. The lowest BCUT2D eigenvalue weighted by Gasteiger charge is -2.15. The lowest BCUT2D eigenvalue weighted by molar-refractivity contribution is 0.102. The van der Waals surface area contributed by atoms with Crippen molar-refractivity contribution in [3.05, 3.63) is 65.7 Å². The zero-order chi connectivity index (χ0) is 22.0. The number of ether oxygens (including phenoxy) is 3. The number of carbonyl (C=O) groups is 1. The minimum atomic E-state index is -0.274. The van der Waals surface area contributed by atoms with Crippen molar-refractivity contribution in [2.24, 2.45) is 0 Å². The Balaban J connectivity index is 1.67. The zero-order valence-corrected chi connectivity index (χ0v) is 18.5. The van der Waals surface area contributed by atoms with E-state index in [1.54, 1.807) is 23.5 Å². The molecule has 7 heteroatoms. The summed E-state index contributed by atoms with van der Waals surface area (Å²) in [5.41, 5.74) is 4.02. The van der Waals surface area contributed by atoms with Gasteiger partial charge in [0.15, 0.2) is 11.5 Å². The summed E-state index contributed by atoms with van der Waals surface area (Å²) in [4.78, 5) is 17.8. The molecule has 31 heavy (non-hydrogen) atoms. The number of aromatic nitrogens is 1. The van der Waals surface area contributed by atoms with Crippen molar-refractivity contribution >= 4 is 33.1 Å². The summed E-state index contributed by atoms with van der Waals surface area (Å²) in [5.74, 6) is 1.01. The van der Waals surface area contributed by atoms with Crippen molar-refractivity contribution in [3.8, 4) is 27.8 Å². The van der Waals surface area contributed by atoms with Crippen LogP contribution in [0.2, 0.25) is 0 Å². The van der Waals surface area contributed by atoms with Gasteiger partial charge < -0.3 is 19.5 Å². The van der Waals surface area contributed by atoms with Gasteiger partial charge in [-0.05, 0) is 42.8 Å². The average Bonchev–Trinajstić information content (AvgIpc) is 3.23. The highest BCUT2D eigenvalue weighted by Gasteiger charge is 2.18. The van der Waals surface area contributed by atoms with Crippen LogP contribution in [0.5, 0.6) is 17.2 Å². The molecule has 0 spiro atoms. The molecule has 0 bridgehead atoms. The Bertz CT molecular complexity index is 1210. The van der Waals surface area contributed by atoms with E-state index >= 15 is 0 Å². The number of para-hydroxylation sites is 1. The molecule has 1 aromatic heterocycles. The van der Waals surface area contributed by atoms with Gasteiger partial charge in [-0.15, -0.1) is 11.3 Å². The maximum absolute atomic E-state index is 13.0. The molecule has 0 fully saturated rings. The number of carbonyl (C=O) groups excluding carboxylic acids is 1. The van der Waals surface area contributed by atoms with Gasteiger partial charge in [0, 0.05) is 16.8 Å². The minimum absolute atomic E-state index is 0.274. The fourth-order valence-electron chi connectivity index (χ4n) is 3.40. The molecule has 0 unspecified atom stereocenters. The smallest absolute Gasteiger partial charge is 0.255 e. The summed E-state index contributed by atoms with van der Waals surface area (Å²) in [5, 5.41) is 3.92. The molecule has 1 amide bonds. The van der Waals surface area contributed by atoms with Crippen LogP contribution >= 0.6 is 11.3 Å². The topological polar surface area (TPSA) is 69.7 Å². The number of methoxy groups -OCH3 is 3. The maximum atomic E-state index is 13.0. The molecule has 0 saturated carbocycles. The standard InChI is InChI=1S/C24H22N2O4S/c1-14-16(24-26-18-9-5-6-11-21(18)31-24)8-7-10-17(14)25-23(27)15-12-19(28-2)22(30-4)20(13-15)29-3/h5-13H,1-4H3,(H,25,27). The third kappa shape index (κ3) is 3.92. The van der Waals surface area contributed by atoms with Crippen LogP contribution in [0.15, 0.2) is 54.6 Å². The van der Waals surface area contributed by atoms with Gasteiger partial charge in [-0.1, -0.05) is 24.3 Å². The van der Waals surface area contributed by atoms with E-state index in [1.165, 1.54) is 21.3 Å². The zero-order valence-electron chi connectivity index (χ0n) is 17.7. The third-order valence-electron chi connectivity index (χ3n) is 5.03. The SMILES string of the molecule is COc1cc(C(=O)Nc2cccc(-c3nc4ccccc4s3)c2C)cc(OC)c1OC. The normalized spacial score (nSPS) is 10.7.